The van der Waals surface area contributed by atoms with Crippen LogP contribution >= 0.6 is 23.2 Å². The lowest BCUT2D eigenvalue weighted by atomic mass is 9.82. The molecule has 1 aromatic rings. The first-order chi connectivity index (χ1) is 8.75. The number of hydrogen-bond donors (Lipinski definition) is 1. The van der Waals surface area contributed by atoms with Crippen LogP contribution in [0, 0.1) is 5.41 Å². The molecular weight excluding hydrogens is 281 g/mol. The van der Waals surface area contributed by atoms with Crippen molar-refractivity contribution in [2.24, 2.45) is 11.1 Å². The smallest absolute Gasteiger partial charge is 0.0777 e. The van der Waals surface area contributed by atoms with Crippen molar-refractivity contribution in [2.45, 2.75) is 46.3 Å². The van der Waals surface area contributed by atoms with Crippen molar-refractivity contribution in [1.29, 1.82) is 0 Å². The van der Waals surface area contributed by atoms with Gasteiger partial charge in [-0.1, -0.05) is 50.0 Å². The molecule has 2 nitrogen and oxygen atoms in total. The highest BCUT2D eigenvalue weighted by atomic mass is 35.5. The molecular formula is C15H23Cl2NO. The van der Waals surface area contributed by atoms with Crippen LogP contribution in [0.25, 0.3) is 0 Å². The van der Waals surface area contributed by atoms with E-state index in [4.69, 9.17) is 33.7 Å². The molecule has 2 atom stereocenters. The Morgan fingerprint density at radius 1 is 1.21 bits per heavy atom. The lowest BCUT2D eigenvalue weighted by molar-refractivity contribution is -0.0274. The van der Waals surface area contributed by atoms with Crippen LogP contribution in [0.4, 0.5) is 0 Å². The number of nitrogens with two attached hydrogens (primary N) is 1. The van der Waals surface area contributed by atoms with Crippen LogP contribution in [0.2, 0.25) is 10.0 Å². The molecule has 108 valence electrons. The highest BCUT2D eigenvalue weighted by molar-refractivity contribution is 6.42. The Morgan fingerprint density at radius 2 is 1.84 bits per heavy atom. The third kappa shape index (κ3) is 4.96. The maximum absolute atomic E-state index is 6.31. The van der Waals surface area contributed by atoms with Gasteiger partial charge in [0.05, 0.1) is 16.1 Å². The van der Waals surface area contributed by atoms with Gasteiger partial charge in [0, 0.05) is 12.6 Å². The van der Waals surface area contributed by atoms with Crippen LogP contribution in [0.5, 0.6) is 0 Å². The summed E-state index contributed by atoms with van der Waals surface area (Å²) in [5.41, 5.74) is 7.39. The van der Waals surface area contributed by atoms with E-state index in [0.29, 0.717) is 16.7 Å². The summed E-state index contributed by atoms with van der Waals surface area (Å²) in [5, 5.41) is 1.13. The Bertz CT molecular complexity index is 415. The first-order valence-electron chi connectivity index (χ1n) is 6.56. The van der Waals surface area contributed by atoms with E-state index in [9.17, 15) is 0 Å². The zero-order chi connectivity index (χ0) is 14.6. The van der Waals surface area contributed by atoms with E-state index in [1.165, 1.54) is 0 Å². The van der Waals surface area contributed by atoms with Crippen molar-refractivity contribution in [3.63, 3.8) is 0 Å². The lowest BCUT2D eigenvalue weighted by Crippen LogP contribution is -2.46. The van der Waals surface area contributed by atoms with E-state index in [2.05, 4.69) is 20.8 Å². The van der Waals surface area contributed by atoms with Crippen LogP contribution in [0.1, 0.15) is 33.3 Å². The fourth-order valence-corrected chi connectivity index (χ4v) is 2.56. The second-order valence-electron chi connectivity index (χ2n) is 5.86. The zero-order valence-electron chi connectivity index (χ0n) is 12.0. The van der Waals surface area contributed by atoms with Gasteiger partial charge in [-0.2, -0.15) is 0 Å². The summed E-state index contributed by atoms with van der Waals surface area (Å²) in [6, 6.07) is 5.56. The highest BCUT2D eigenvalue weighted by Gasteiger charge is 2.30. The topological polar surface area (TPSA) is 35.2 Å². The largest absolute Gasteiger partial charge is 0.376 e. The fraction of sp³-hybridized carbons (Fsp3) is 0.600. The summed E-state index contributed by atoms with van der Waals surface area (Å²) < 4.78 is 5.81. The molecule has 1 rings (SSSR count). The molecule has 0 heterocycles. The number of hydrogen-bond acceptors (Lipinski definition) is 2. The second-order valence-corrected chi connectivity index (χ2v) is 6.67. The average molecular weight is 304 g/mol. The highest BCUT2D eigenvalue weighted by Crippen LogP contribution is 2.27. The first kappa shape index (κ1) is 16.8. The zero-order valence-corrected chi connectivity index (χ0v) is 13.6. The van der Waals surface area contributed by atoms with E-state index in [0.717, 1.165) is 12.0 Å². The summed E-state index contributed by atoms with van der Waals surface area (Å²) in [5.74, 6) is 0. The van der Waals surface area contributed by atoms with Gasteiger partial charge in [-0.25, -0.2) is 0 Å². The van der Waals surface area contributed by atoms with E-state index in [-0.39, 0.29) is 17.6 Å². The van der Waals surface area contributed by atoms with Gasteiger partial charge in [0.1, 0.15) is 0 Å². The van der Waals surface area contributed by atoms with Crippen LogP contribution in [0.3, 0.4) is 0 Å². The third-order valence-corrected chi connectivity index (χ3v) is 3.78. The van der Waals surface area contributed by atoms with Gasteiger partial charge in [-0.3, -0.25) is 0 Å². The Morgan fingerprint density at radius 3 is 2.32 bits per heavy atom. The minimum Gasteiger partial charge on any atom is -0.376 e. The summed E-state index contributed by atoms with van der Waals surface area (Å²) in [7, 11) is 0. The van der Waals surface area contributed by atoms with Crippen LogP contribution in [-0.2, 0) is 11.2 Å². The van der Waals surface area contributed by atoms with Gasteiger partial charge < -0.3 is 10.5 Å². The molecule has 1 aromatic carbocycles. The molecule has 4 heteroatoms. The summed E-state index contributed by atoms with van der Waals surface area (Å²) >= 11 is 11.9. The van der Waals surface area contributed by atoms with Gasteiger partial charge >= 0.3 is 0 Å². The molecule has 0 aliphatic heterocycles. The minimum absolute atomic E-state index is 0.00560. The predicted octanol–water partition coefficient (Wildman–Crippen LogP) is 4.31. The predicted molar refractivity (Wildman–Crippen MR) is 83.0 cm³/mol. The van der Waals surface area contributed by atoms with E-state index in [1.807, 2.05) is 19.1 Å². The summed E-state index contributed by atoms with van der Waals surface area (Å²) in [6.45, 7) is 9.08. The van der Waals surface area contributed by atoms with Gasteiger partial charge in [-0.05, 0) is 36.5 Å². The lowest BCUT2D eigenvalue weighted by Gasteiger charge is -2.35. The van der Waals surface area contributed by atoms with Gasteiger partial charge in [0.2, 0.25) is 0 Å². The standard InChI is InChI=1S/C15H23Cl2NO/c1-5-19-14(15(2,3)4)13(18)9-10-6-7-11(16)12(17)8-10/h6-8,13-14H,5,9,18H2,1-4H3. The second kappa shape index (κ2) is 6.94. The van der Waals surface area contributed by atoms with E-state index >= 15 is 0 Å². The van der Waals surface area contributed by atoms with Gasteiger partial charge in [0.25, 0.3) is 0 Å². The van der Waals surface area contributed by atoms with E-state index in [1.54, 1.807) is 6.07 Å². The van der Waals surface area contributed by atoms with Crippen molar-refractivity contribution in [3.05, 3.63) is 33.8 Å². The molecule has 0 spiro atoms. The van der Waals surface area contributed by atoms with Crippen LogP contribution < -0.4 is 5.73 Å². The molecule has 0 aromatic heterocycles. The van der Waals surface area contributed by atoms with Crippen LogP contribution in [-0.4, -0.2) is 18.8 Å². The minimum atomic E-state index is -0.0720. The van der Waals surface area contributed by atoms with Crippen LogP contribution in [0.15, 0.2) is 18.2 Å². The monoisotopic (exact) mass is 303 g/mol. The molecule has 0 saturated carbocycles. The number of ether oxygens (including phenoxy) is 1. The molecule has 2 unspecified atom stereocenters. The molecule has 0 saturated heterocycles. The summed E-state index contributed by atoms with van der Waals surface area (Å²) in [4.78, 5) is 0. The Balaban J connectivity index is 2.81. The van der Waals surface area contributed by atoms with Gasteiger partial charge in [-0.15, -0.1) is 0 Å². The SMILES string of the molecule is CCOC(C(N)Cc1ccc(Cl)c(Cl)c1)C(C)(C)C. The van der Waals surface area contributed by atoms with Crippen molar-refractivity contribution < 1.29 is 4.74 Å². The van der Waals surface area contributed by atoms with Crippen molar-refractivity contribution in [3.8, 4) is 0 Å². The van der Waals surface area contributed by atoms with Crippen molar-refractivity contribution in [1.82, 2.24) is 0 Å². The molecule has 2 N–H and O–H groups in total. The first-order valence-corrected chi connectivity index (χ1v) is 7.32. The Hall–Kier alpha value is -0.280. The average Bonchev–Trinajstić information content (AvgIpc) is 2.29. The molecule has 0 aliphatic rings. The normalized spacial score (nSPS) is 15.3. The maximum Gasteiger partial charge on any atom is 0.0777 e. The number of rotatable bonds is 5. The Kier molecular flexibility index (Phi) is 6.13. The molecule has 19 heavy (non-hydrogen) atoms. The quantitative estimate of drug-likeness (QED) is 0.879. The van der Waals surface area contributed by atoms with Gasteiger partial charge in [0.15, 0.2) is 0 Å². The molecule has 0 bridgehead atoms. The van der Waals surface area contributed by atoms with E-state index < -0.39 is 0 Å². The van der Waals surface area contributed by atoms with Crippen molar-refractivity contribution >= 4 is 23.2 Å². The Labute approximate surface area is 126 Å². The third-order valence-electron chi connectivity index (χ3n) is 3.04. The summed E-state index contributed by atoms with van der Waals surface area (Å²) in [6.07, 6.45) is 0.727. The molecule has 0 radical (unpaired) electrons. The number of benzene rings is 1. The maximum atomic E-state index is 6.31. The molecule has 0 fully saturated rings. The molecule has 0 aliphatic carbocycles. The molecule has 0 amide bonds. The van der Waals surface area contributed by atoms with Crippen molar-refractivity contribution in [2.75, 3.05) is 6.61 Å². The fourth-order valence-electron chi connectivity index (χ4n) is 2.24. The number of halogens is 2.